The van der Waals surface area contributed by atoms with E-state index in [0.717, 1.165) is 58.4 Å². The van der Waals surface area contributed by atoms with Crippen LogP contribution in [0.4, 0.5) is 0 Å². The van der Waals surface area contributed by atoms with Crippen molar-refractivity contribution in [1.29, 1.82) is 0 Å². The minimum Gasteiger partial charge on any atom is -0.501 e. The number of methoxy groups -OCH3 is 1. The first-order valence-electron chi connectivity index (χ1n) is 13.4. The fourth-order valence-corrected chi connectivity index (χ4v) is 4.80. The van der Waals surface area contributed by atoms with Crippen molar-refractivity contribution >= 4 is 11.0 Å². The van der Waals surface area contributed by atoms with Crippen LogP contribution in [0.1, 0.15) is 70.6 Å². The summed E-state index contributed by atoms with van der Waals surface area (Å²) in [5.41, 5.74) is 8.36. The molecule has 0 radical (unpaired) electrons. The molecule has 0 aliphatic carbocycles. The van der Waals surface area contributed by atoms with E-state index in [2.05, 4.69) is 84.2 Å². The van der Waals surface area contributed by atoms with E-state index in [1.54, 1.807) is 7.11 Å². The van der Waals surface area contributed by atoms with Gasteiger partial charge in [0.2, 0.25) is 0 Å². The molecule has 1 unspecified atom stereocenters. The summed E-state index contributed by atoms with van der Waals surface area (Å²) in [5.74, 6) is 0.855. The Bertz CT molecular complexity index is 1330. The van der Waals surface area contributed by atoms with Crippen LogP contribution in [0.3, 0.4) is 0 Å². The second-order valence-corrected chi connectivity index (χ2v) is 12.0. The zero-order valence-corrected chi connectivity index (χ0v) is 24.3. The standard InChI is InChI=1S/C34H44N2O2/c1-23(2)11-10-12-28-19-29-30(18-25(28)4)36-31(22-35-29)27-15-13-26(14-16-27)21-34(8,37)20-24(3)17-32(38-9)33(5,6)7/h13-19,22,37H,1,3,10-12,20-21H2,2,4-9H3/b32-17-. The van der Waals surface area contributed by atoms with Gasteiger partial charge in [0.1, 0.15) is 5.76 Å². The summed E-state index contributed by atoms with van der Waals surface area (Å²) in [6.45, 7) is 20.5. The zero-order valence-electron chi connectivity index (χ0n) is 24.3. The summed E-state index contributed by atoms with van der Waals surface area (Å²) in [7, 11) is 1.68. The van der Waals surface area contributed by atoms with E-state index < -0.39 is 5.60 Å². The number of hydrogen-bond donors (Lipinski definition) is 1. The molecule has 4 nitrogen and oxygen atoms in total. The van der Waals surface area contributed by atoms with Crippen molar-refractivity contribution in [2.75, 3.05) is 7.11 Å². The molecule has 1 aromatic heterocycles. The Morgan fingerprint density at radius 3 is 2.34 bits per heavy atom. The average Bonchev–Trinajstić information content (AvgIpc) is 2.81. The SMILES string of the molecule is C=C(C)CCCc1cc2ncc(-c3ccc(CC(C)(O)CC(=C)/C=C(\OC)C(C)(C)C)cc3)nc2cc1C. The van der Waals surface area contributed by atoms with E-state index in [9.17, 15) is 5.11 Å². The van der Waals surface area contributed by atoms with E-state index in [4.69, 9.17) is 14.7 Å². The van der Waals surface area contributed by atoms with Gasteiger partial charge >= 0.3 is 0 Å². The summed E-state index contributed by atoms with van der Waals surface area (Å²) in [5, 5.41) is 11.1. The maximum Gasteiger partial charge on any atom is 0.101 e. The molecule has 0 aliphatic rings. The van der Waals surface area contributed by atoms with Gasteiger partial charge in [-0.05, 0) is 80.5 Å². The van der Waals surface area contributed by atoms with Gasteiger partial charge in [-0.2, -0.15) is 0 Å². The van der Waals surface area contributed by atoms with Gasteiger partial charge < -0.3 is 9.84 Å². The predicted molar refractivity (Wildman–Crippen MR) is 160 cm³/mol. The number of aromatic nitrogens is 2. The molecule has 0 amide bonds. The highest BCUT2D eigenvalue weighted by Crippen LogP contribution is 2.30. The van der Waals surface area contributed by atoms with Crippen LogP contribution in [0.25, 0.3) is 22.3 Å². The Morgan fingerprint density at radius 1 is 1.05 bits per heavy atom. The highest BCUT2D eigenvalue weighted by molar-refractivity contribution is 5.79. The van der Waals surface area contributed by atoms with Crippen LogP contribution in [-0.4, -0.2) is 27.8 Å². The van der Waals surface area contributed by atoms with Crippen LogP contribution in [0.15, 0.2) is 78.7 Å². The first kappa shape index (κ1) is 29.3. The van der Waals surface area contributed by atoms with E-state index in [0.29, 0.717) is 12.8 Å². The van der Waals surface area contributed by atoms with E-state index in [1.165, 1.54) is 16.7 Å². The third-order valence-electron chi connectivity index (χ3n) is 6.79. The Balaban J connectivity index is 1.71. The summed E-state index contributed by atoms with van der Waals surface area (Å²) in [6.07, 6.45) is 7.95. The largest absolute Gasteiger partial charge is 0.501 e. The molecule has 202 valence electrons. The van der Waals surface area contributed by atoms with Gasteiger partial charge in [-0.25, -0.2) is 4.98 Å². The molecule has 0 bridgehead atoms. The van der Waals surface area contributed by atoms with Crippen LogP contribution in [0.5, 0.6) is 0 Å². The molecule has 4 heteroatoms. The molecule has 1 heterocycles. The number of benzene rings is 2. The molecular formula is C34H44N2O2. The molecule has 0 saturated carbocycles. The number of rotatable bonds is 11. The quantitative estimate of drug-likeness (QED) is 0.159. The van der Waals surface area contributed by atoms with E-state index >= 15 is 0 Å². The van der Waals surface area contributed by atoms with Gasteiger partial charge in [0.15, 0.2) is 0 Å². The second kappa shape index (κ2) is 12.1. The average molecular weight is 513 g/mol. The highest BCUT2D eigenvalue weighted by atomic mass is 16.5. The summed E-state index contributed by atoms with van der Waals surface area (Å²) < 4.78 is 5.54. The first-order chi connectivity index (χ1) is 17.8. The topological polar surface area (TPSA) is 55.2 Å². The van der Waals surface area contributed by atoms with Crippen molar-refractivity contribution in [2.45, 2.75) is 79.2 Å². The minimum absolute atomic E-state index is 0.114. The molecule has 0 spiro atoms. The molecular weight excluding hydrogens is 468 g/mol. The first-order valence-corrected chi connectivity index (χ1v) is 13.4. The molecule has 0 aliphatic heterocycles. The Kier molecular flexibility index (Phi) is 9.32. The number of aryl methyl sites for hydroxylation is 2. The van der Waals surface area contributed by atoms with E-state index in [1.807, 2.05) is 19.2 Å². The number of hydrogen-bond acceptors (Lipinski definition) is 4. The molecule has 0 fully saturated rings. The Morgan fingerprint density at radius 2 is 1.74 bits per heavy atom. The van der Waals surface area contributed by atoms with Crippen LogP contribution < -0.4 is 0 Å². The van der Waals surface area contributed by atoms with Crippen molar-refractivity contribution in [1.82, 2.24) is 9.97 Å². The lowest BCUT2D eigenvalue weighted by Crippen LogP contribution is -2.27. The molecule has 3 rings (SSSR count). The van der Waals surface area contributed by atoms with Gasteiger partial charge in [-0.1, -0.05) is 57.2 Å². The maximum atomic E-state index is 11.1. The van der Waals surface area contributed by atoms with Crippen LogP contribution in [0.2, 0.25) is 0 Å². The van der Waals surface area contributed by atoms with Crippen molar-refractivity contribution < 1.29 is 9.84 Å². The zero-order chi connectivity index (χ0) is 28.1. The normalized spacial score (nSPS) is 13.8. The molecule has 1 atom stereocenters. The fraction of sp³-hybridized carbons (Fsp3) is 0.412. The minimum atomic E-state index is -0.922. The third kappa shape index (κ3) is 8.13. The summed E-state index contributed by atoms with van der Waals surface area (Å²) in [4.78, 5) is 9.62. The number of allylic oxidation sites excluding steroid dienone is 3. The van der Waals surface area contributed by atoms with Crippen LogP contribution >= 0.6 is 0 Å². The number of aliphatic hydroxyl groups is 1. The molecule has 3 aromatic rings. The lowest BCUT2D eigenvalue weighted by Gasteiger charge is -2.26. The summed E-state index contributed by atoms with van der Waals surface area (Å²) >= 11 is 0. The van der Waals surface area contributed by atoms with Gasteiger partial charge in [0, 0.05) is 23.8 Å². The Labute approximate surface area is 229 Å². The van der Waals surface area contributed by atoms with Crippen molar-refractivity contribution in [3.8, 4) is 11.3 Å². The molecule has 0 saturated heterocycles. The number of fused-ring (bicyclic) bond motifs is 1. The maximum absolute atomic E-state index is 11.1. The highest BCUT2D eigenvalue weighted by Gasteiger charge is 2.24. The number of nitrogens with zero attached hydrogens (tertiary/aromatic N) is 2. The monoisotopic (exact) mass is 512 g/mol. The van der Waals surface area contributed by atoms with Gasteiger partial charge in [0.25, 0.3) is 0 Å². The van der Waals surface area contributed by atoms with Gasteiger partial charge in [-0.15, -0.1) is 6.58 Å². The third-order valence-corrected chi connectivity index (χ3v) is 6.79. The molecule has 38 heavy (non-hydrogen) atoms. The lowest BCUT2D eigenvalue weighted by molar-refractivity contribution is 0.0615. The van der Waals surface area contributed by atoms with Gasteiger partial charge in [0.05, 0.1) is 35.6 Å². The predicted octanol–water partition coefficient (Wildman–Crippen LogP) is 8.32. The fourth-order valence-electron chi connectivity index (χ4n) is 4.80. The van der Waals surface area contributed by atoms with E-state index in [-0.39, 0.29) is 5.41 Å². The summed E-state index contributed by atoms with van der Waals surface area (Å²) in [6, 6.07) is 12.5. The number of ether oxygens (including phenoxy) is 1. The van der Waals surface area contributed by atoms with Gasteiger partial charge in [-0.3, -0.25) is 4.98 Å². The lowest BCUT2D eigenvalue weighted by atomic mass is 9.87. The molecule has 1 N–H and O–H groups in total. The smallest absolute Gasteiger partial charge is 0.101 e. The molecule has 2 aromatic carbocycles. The Hall–Kier alpha value is -3.24. The van der Waals surface area contributed by atoms with Crippen LogP contribution in [0, 0.1) is 12.3 Å². The van der Waals surface area contributed by atoms with Crippen molar-refractivity contribution in [3.05, 3.63) is 95.4 Å². The van der Waals surface area contributed by atoms with Crippen LogP contribution in [-0.2, 0) is 17.6 Å². The second-order valence-electron chi connectivity index (χ2n) is 12.0. The van der Waals surface area contributed by atoms with Crippen molar-refractivity contribution in [3.63, 3.8) is 0 Å². The van der Waals surface area contributed by atoms with Crippen molar-refractivity contribution in [2.24, 2.45) is 5.41 Å².